The zero-order valence-corrected chi connectivity index (χ0v) is 11.7. The van der Waals surface area contributed by atoms with Gasteiger partial charge in [0, 0.05) is 10.5 Å². The van der Waals surface area contributed by atoms with Crippen LogP contribution in [-0.2, 0) is 0 Å². The molecule has 0 aromatic heterocycles. The summed E-state index contributed by atoms with van der Waals surface area (Å²) in [7, 11) is 0. The third-order valence-electron chi connectivity index (χ3n) is 2.24. The molecule has 0 heterocycles. The SMILES string of the molecule is CC(=O)c1cc(Br)cc([N+](=O)[O-])c1OCCC(F)(F)F. The quantitative estimate of drug-likeness (QED) is 0.456. The van der Waals surface area contributed by atoms with Crippen LogP contribution in [0.4, 0.5) is 18.9 Å². The molecule has 1 rings (SSSR count). The molecule has 0 fully saturated rings. The van der Waals surface area contributed by atoms with Gasteiger partial charge >= 0.3 is 11.9 Å². The van der Waals surface area contributed by atoms with Gasteiger partial charge in [0.15, 0.2) is 5.78 Å². The highest BCUT2D eigenvalue weighted by molar-refractivity contribution is 9.10. The van der Waals surface area contributed by atoms with Crippen molar-refractivity contribution in [1.29, 1.82) is 0 Å². The summed E-state index contributed by atoms with van der Waals surface area (Å²) in [6, 6.07) is 2.33. The zero-order valence-electron chi connectivity index (χ0n) is 10.2. The Balaban J connectivity index is 3.14. The lowest BCUT2D eigenvalue weighted by molar-refractivity contribution is -0.386. The van der Waals surface area contributed by atoms with Crippen LogP contribution in [0.15, 0.2) is 16.6 Å². The minimum Gasteiger partial charge on any atom is -0.486 e. The summed E-state index contributed by atoms with van der Waals surface area (Å²) in [6.45, 7) is 0.342. The van der Waals surface area contributed by atoms with E-state index in [0.29, 0.717) is 0 Å². The van der Waals surface area contributed by atoms with Crippen LogP contribution in [0.3, 0.4) is 0 Å². The van der Waals surface area contributed by atoms with Crippen LogP contribution in [0.25, 0.3) is 0 Å². The van der Waals surface area contributed by atoms with Crippen molar-refractivity contribution in [2.75, 3.05) is 6.61 Å². The number of nitrogens with zero attached hydrogens (tertiary/aromatic N) is 1. The second kappa shape index (κ2) is 6.21. The molecular formula is C11H9BrF3NO4. The lowest BCUT2D eigenvalue weighted by Gasteiger charge is -2.12. The van der Waals surface area contributed by atoms with Crippen molar-refractivity contribution in [2.45, 2.75) is 19.5 Å². The molecule has 0 amide bonds. The summed E-state index contributed by atoms with van der Waals surface area (Å²) in [5, 5.41) is 10.9. The Kier molecular flexibility index (Phi) is 5.09. The number of Topliss-reactive ketones (excluding diaryl/α,β-unsaturated/α-hetero) is 1. The lowest BCUT2D eigenvalue weighted by atomic mass is 10.1. The maximum atomic E-state index is 12.1. The molecule has 0 aliphatic rings. The van der Waals surface area contributed by atoms with Crippen LogP contribution in [0, 0.1) is 10.1 Å². The number of alkyl halides is 3. The van der Waals surface area contributed by atoms with E-state index in [1.54, 1.807) is 0 Å². The molecule has 1 aromatic carbocycles. The number of carbonyl (C=O) groups is 1. The maximum absolute atomic E-state index is 12.1. The Bertz CT molecular complexity index is 510. The summed E-state index contributed by atoms with van der Waals surface area (Å²) < 4.78 is 41.2. The van der Waals surface area contributed by atoms with Crippen molar-refractivity contribution in [3.63, 3.8) is 0 Å². The smallest absolute Gasteiger partial charge is 0.392 e. The number of hydrogen-bond donors (Lipinski definition) is 0. The number of nitro benzene ring substituents is 1. The van der Waals surface area contributed by atoms with E-state index in [2.05, 4.69) is 15.9 Å². The third kappa shape index (κ3) is 4.48. The van der Waals surface area contributed by atoms with Gasteiger partial charge in [0.05, 0.1) is 23.5 Å². The van der Waals surface area contributed by atoms with Crippen LogP contribution in [-0.4, -0.2) is 23.5 Å². The molecule has 20 heavy (non-hydrogen) atoms. The highest BCUT2D eigenvalue weighted by Gasteiger charge is 2.29. The van der Waals surface area contributed by atoms with Crippen LogP contribution < -0.4 is 4.74 Å². The largest absolute Gasteiger partial charge is 0.486 e. The number of carbonyl (C=O) groups excluding carboxylic acids is 1. The molecule has 0 saturated carbocycles. The maximum Gasteiger partial charge on any atom is 0.392 e. The van der Waals surface area contributed by atoms with Crippen molar-refractivity contribution in [3.05, 3.63) is 32.3 Å². The number of ketones is 1. The minimum absolute atomic E-state index is 0.145. The van der Waals surface area contributed by atoms with Crippen molar-refractivity contribution < 1.29 is 27.6 Å². The van der Waals surface area contributed by atoms with Gasteiger partial charge in [0.2, 0.25) is 5.75 Å². The molecule has 0 aliphatic heterocycles. The third-order valence-corrected chi connectivity index (χ3v) is 2.70. The molecule has 5 nitrogen and oxygen atoms in total. The number of benzene rings is 1. The Morgan fingerprint density at radius 1 is 1.45 bits per heavy atom. The standard InChI is InChI=1S/C11H9BrF3NO4/c1-6(17)8-4-7(12)5-9(16(18)19)10(8)20-3-2-11(13,14)15/h4-5H,2-3H2,1H3. The monoisotopic (exact) mass is 355 g/mol. The van der Waals surface area contributed by atoms with E-state index in [0.717, 1.165) is 13.0 Å². The number of rotatable bonds is 5. The molecule has 1 aromatic rings. The minimum atomic E-state index is -4.44. The zero-order chi connectivity index (χ0) is 15.5. The first-order valence-corrected chi connectivity index (χ1v) is 6.09. The van der Waals surface area contributed by atoms with E-state index in [9.17, 15) is 28.1 Å². The van der Waals surface area contributed by atoms with E-state index in [-0.39, 0.29) is 10.0 Å². The van der Waals surface area contributed by atoms with Gasteiger partial charge < -0.3 is 4.74 Å². The second-order valence-electron chi connectivity index (χ2n) is 3.83. The van der Waals surface area contributed by atoms with Crippen molar-refractivity contribution in [1.82, 2.24) is 0 Å². The summed E-state index contributed by atoms with van der Waals surface area (Å²) in [6.07, 6.45) is -5.71. The molecule has 0 N–H and O–H groups in total. The molecule has 0 unspecified atom stereocenters. The average Bonchev–Trinajstić information content (AvgIpc) is 2.28. The lowest BCUT2D eigenvalue weighted by Crippen LogP contribution is -2.14. The predicted molar refractivity (Wildman–Crippen MR) is 67.0 cm³/mol. The van der Waals surface area contributed by atoms with Gasteiger partial charge in [-0.1, -0.05) is 15.9 Å². The van der Waals surface area contributed by atoms with Gasteiger partial charge in [-0.05, 0) is 13.0 Å². The molecule has 0 atom stereocenters. The average molecular weight is 356 g/mol. The van der Waals surface area contributed by atoms with E-state index in [1.807, 2.05) is 0 Å². The highest BCUT2D eigenvalue weighted by Crippen LogP contribution is 2.35. The summed E-state index contributed by atoms with van der Waals surface area (Å²) in [5.41, 5.74) is -0.708. The van der Waals surface area contributed by atoms with Crippen LogP contribution in [0.2, 0.25) is 0 Å². The fourth-order valence-corrected chi connectivity index (χ4v) is 1.84. The summed E-state index contributed by atoms with van der Waals surface area (Å²) >= 11 is 2.99. The van der Waals surface area contributed by atoms with Gasteiger partial charge in [-0.15, -0.1) is 0 Å². The van der Waals surface area contributed by atoms with E-state index >= 15 is 0 Å². The van der Waals surface area contributed by atoms with Gasteiger partial charge in [-0.25, -0.2) is 0 Å². The summed E-state index contributed by atoms with van der Waals surface area (Å²) in [5.74, 6) is -0.994. The van der Waals surface area contributed by atoms with Gasteiger partial charge in [0.25, 0.3) is 0 Å². The molecule has 9 heteroatoms. The highest BCUT2D eigenvalue weighted by atomic mass is 79.9. The number of halogens is 4. The number of hydrogen-bond acceptors (Lipinski definition) is 4. The van der Waals surface area contributed by atoms with E-state index in [1.165, 1.54) is 6.07 Å². The number of nitro groups is 1. The number of ether oxygens (including phenoxy) is 1. The van der Waals surface area contributed by atoms with Crippen LogP contribution in [0.1, 0.15) is 23.7 Å². The molecule has 0 spiro atoms. The second-order valence-corrected chi connectivity index (χ2v) is 4.74. The molecule has 0 aliphatic carbocycles. The molecular weight excluding hydrogens is 347 g/mol. The first-order valence-electron chi connectivity index (χ1n) is 5.30. The first-order chi connectivity index (χ1) is 9.11. The molecule has 0 radical (unpaired) electrons. The van der Waals surface area contributed by atoms with E-state index < -0.39 is 41.3 Å². The van der Waals surface area contributed by atoms with Crippen molar-refractivity contribution in [2.24, 2.45) is 0 Å². The van der Waals surface area contributed by atoms with Crippen LogP contribution >= 0.6 is 15.9 Å². The van der Waals surface area contributed by atoms with Crippen molar-refractivity contribution in [3.8, 4) is 5.75 Å². The Labute approximate surface area is 120 Å². The van der Waals surface area contributed by atoms with Crippen LogP contribution in [0.5, 0.6) is 5.75 Å². The Hall–Kier alpha value is -1.64. The van der Waals surface area contributed by atoms with Gasteiger partial charge in [0.1, 0.15) is 0 Å². The van der Waals surface area contributed by atoms with Gasteiger partial charge in [-0.2, -0.15) is 13.2 Å². The molecule has 0 bridgehead atoms. The predicted octanol–water partition coefficient (Wildman–Crippen LogP) is 3.89. The molecule has 110 valence electrons. The topological polar surface area (TPSA) is 69.4 Å². The van der Waals surface area contributed by atoms with Crippen molar-refractivity contribution >= 4 is 27.4 Å². The Morgan fingerprint density at radius 2 is 2.05 bits per heavy atom. The normalized spacial score (nSPS) is 11.2. The van der Waals surface area contributed by atoms with Gasteiger partial charge in [-0.3, -0.25) is 14.9 Å². The Morgan fingerprint density at radius 3 is 2.50 bits per heavy atom. The first kappa shape index (κ1) is 16.4. The molecule has 0 saturated heterocycles. The fourth-order valence-electron chi connectivity index (χ4n) is 1.40. The fraction of sp³-hybridized carbons (Fsp3) is 0.364. The summed E-state index contributed by atoms with van der Waals surface area (Å²) in [4.78, 5) is 21.5. The van der Waals surface area contributed by atoms with E-state index in [4.69, 9.17) is 4.74 Å².